The van der Waals surface area contributed by atoms with Crippen molar-refractivity contribution in [3.05, 3.63) is 23.9 Å². The third-order valence-electron chi connectivity index (χ3n) is 3.86. The Labute approximate surface area is 109 Å². The van der Waals surface area contributed by atoms with Crippen molar-refractivity contribution in [3.8, 4) is 5.88 Å². The van der Waals surface area contributed by atoms with Crippen LogP contribution in [0.3, 0.4) is 0 Å². The third kappa shape index (κ3) is 3.98. The molecule has 1 N–H and O–H groups in total. The standard InChI is InChI=1S/C15H23NO2/c1-18-15-9-7-13(11-16-15)10-14(17)8-6-12-4-2-3-5-12/h7,9,11-12,14,17H,2-6,8,10H2,1H3. The summed E-state index contributed by atoms with van der Waals surface area (Å²) in [4.78, 5) is 4.15. The minimum absolute atomic E-state index is 0.235. The first-order valence-electron chi connectivity index (χ1n) is 6.95. The van der Waals surface area contributed by atoms with Gasteiger partial charge < -0.3 is 9.84 Å². The van der Waals surface area contributed by atoms with Crippen LogP contribution in [0.1, 0.15) is 44.1 Å². The largest absolute Gasteiger partial charge is 0.481 e. The average molecular weight is 249 g/mol. The lowest BCUT2D eigenvalue weighted by atomic mass is 9.97. The second-order valence-corrected chi connectivity index (χ2v) is 5.29. The van der Waals surface area contributed by atoms with Gasteiger partial charge in [-0.15, -0.1) is 0 Å². The Morgan fingerprint density at radius 3 is 2.78 bits per heavy atom. The van der Waals surface area contributed by atoms with Gasteiger partial charge in [0.2, 0.25) is 5.88 Å². The van der Waals surface area contributed by atoms with Crippen molar-refractivity contribution < 1.29 is 9.84 Å². The Hall–Kier alpha value is -1.09. The normalized spacial score (nSPS) is 17.9. The monoisotopic (exact) mass is 249 g/mol. The summed E-state index contributed by atoms with van der Waals surface area (Å²) in [7, 11) is 1.61. The molecule has 1 unspecified atom stereocenters. The predicted octanol–water partition coefficient (Wildman–Crippen LogP) is 2.96. The highest BCUT2D eigenvalue weighted by atomic mass is 16.5. The molecule has 1 aromatic rings. The molecule has 1 heterocycles. The van der Waals surface area contributed by atoms with Gasteiger partial charge in [-0.25, -0.2) is 4.98 Å². The molecule has 100 valence electrons. The summed E-state index contributed by atoms with van der Waals surface area (Å²) in [6, 6.07) is 3.82. The highest BCUT2D eigenvalue weighted by Gasteiger charge is 2.16. The zero-order valence-corrected chi connectivity index (χ0v) is 11.1. The van der Waals surface area contributed by atoms with Gasteiger partial charge in [-0.2, -0.15) is 0 Å². The van der Waals surface area contributed by atoms with Gasteiger partial charge in [-0.1, -0.05) is 31.7 Å². The van der Waals surface area contributed by atoms with Crippen LogP contribution in [-0.4, -0.2) is 23.3 Å². The van der Waals surface area contributed by atoms with E-state index in [2.05, 4.69) is 4.98 Å². The highest BCUT2D eigenvalue weighted by molar-refractivity contribution is 5.18. The van der Waals surface area contributed by atoms with Gasteiger partial charge in [0.05, 0.1) is 13.2 Å². The molecule has 0 amide bonds. The van der Waals surface area contributed by atoms with Crippen molar-refractivity contribution in [2.24, 2.45) is 5.92 Å². The van der Waals surface area contributed by atoms with E-state index >= 15 is 0 Å². The van der Waals surface area contributed by atoms with Gasteiger partial charge in [-0.05, 0) is 30.7 Å². The van der Waals surface area contributed by atoms with E-state index in [1.807, 2.05) is 12.1 Å². The quantitative estimate of drug-likeness (QED) is 0.842. The molecule has 3 nitrogen and oxygen atoms in total. The van der Waals surface area contributed by atoms with Gasteiger partial charge >= 0.3 is 0 Å². The van der Waals surface area contributed by atoms with Crippen molar-refractivity contribution >= 4 is 0 Å². The number of nitrogens with zero attached hydrogens (tertiary/aromatic N) is 1. The summed E-state index contributed by atoms with van der Waals surface area (Å²) in [5, 5.41) is 10.0. The number of aliphatic hydroxyl groups is 1. The van der Waals surface area contributed by atoms with Gasteiger partial charge in [0.25, 0.3) is 0 Å². The van der Waals surface area contributed by atoms with E-state index in [0.717, 1.165) is 17.9 Å². The first-order valence-corrected chi connectivity index (χ1v) is 6.95. The molecule has 1 aliphatic rings. The minimum atomic E-state index is -0.235. The molecular formula is C15H23NO2. The Balaban J connectivity index is 1.73. The zero-order chi connectivity index (χ0) is 12.8. The number of ether oxygens (including phenoxy) is 1. The number of methoxy groups -OCH3 is 1. The van der Waals surface area contributed by atoms with E-state index in [9.17, 15) is 5.11 Å². The number of hydrogen-bond acceptors (Lipinski definition) is 3. The molecule has 1 atom stereocenters. The average Bonchev–Trinajstić information content (AvgIpc) is 2.90. The molecule has 0 aromatic carbocycles. The summed E-state index contributed by atoms with van der Waals surface area (Å²) in [5.41, 5.74) is 1.08. The zero-order valence-electron chi connectivity index (χ0n) is 11.1. The van der Waals surface area contributed by atoms with Crippen LogP contribution in [0.2, 0.25) is 0 Å². The molecule has 0 aliphatic heterocycles. The fourth-order valence-electron chi connectivity index (χ4n) is 2.75. The maximum absolute atomic E-state index is 10.0. The van der Waals surface area contributed by atoms with Crippen LogP contribution in [0.5, 0.6) is 5.88 Å². The Morgan fingerprint density at radius 1 is 1.39 bits per heavy atom. The maximum atomic E-state index is 10.0. The van der Waals surface area contributed by atoms with E-state index in [4.69, 9.17) is 4.74 Å². The van der Waals surface area contributed by atoms with E-state index in [-0.39, 0.29) is 6.10 Å². The molecule has 0 bridgehead atoms. The fraction of sp³-hybridized carbons (Fsp3) is 0.667. The van der Waals surface area contributed by atoms with Crippen molar-refractivity contribution in [2.45, 2.75) is 51.0 Å². The highest BCUT2D eigenvalue weighted by Crippen LogP contribution is 2.29. The van der Waals surface area contributed by atoms with Crippen LogP contribution in [0, 0.1) is 5.92 Å². The molecule has 18 heavy (non-hydrogen) atoms. The lowest BCUT2D eigenvalue weighted by Gasteiger charge is -2.13. The van der Waals surface area contributed by atoms with Crippen LogP contribution >= 0.6 is 0 Å². The van der Waals surface area contributed by atoms with Gasteiger partial charge in [0.15, 0.2) is 0 Å². The minimum Gasteiger partial charge on any atom is -0.481 e. The molecule has 0 spiro atoms. The fourth-order valence-corrected chi connectivity index (χ4v) is 2.75. The molecule has 0 radical (unpaired) electrons. The van der Waals surface area contributed by atoms with Crippen LogP contribution in [-0.2, 0) is 6.42 Å². The van der Waals surface area contributed by atoms with E-state index < -0.39 is 0 Å². The number of hydrogen-bond donors (Lipinski definition) is 1. The molecule has 3 heteroatoms. The molecule has 1 fully saturated rings. The summed E-state index contributed by atoms with van der Waals surface area (Å²) in [5.74, 6) is 1.48. The van der Waals surface area contributed by atoms with E-state index in [1.165, 1.54) is 32.1 Å². The van der Waals surface area contributed by atoms with Gasteiger partial charge in [0, 0.05) is 12.3 Å². The smallest absolute Gasteiger partial charge is 0.212 e. The second kappa shape index (κ2) is 6.74. The van der Waals surface area contributed by atoms with Crippen molar-refractivity contribution in [1.82, 2.24) is 4.98 Å². The van der Waals surface area contributed by atoms with Crippen molar-refractivity contribution in [1.29, 1.82) is 0 Å². The molecule has 1 aliphatic carbocycles. The molecule has 1 aromatic heterocycles. The van der Waals surface area contributed by atoms with E-state index in [0.29, 0.717) is 12.3 Å². The number of aromatic nitrogens is 1. The second-order valence-electron chi connectivity index (χ2n) is 5.29. The van der Waals surface area contributed by atoms with Gasteiger partial charge in [0.1, 0.15) is 0 Å². The Morgan fingerprint density at radius 2 is 2.17 bits per heavy atom. The molecule has 0 saturated heterocycles. The predicted molar refractivity (Wildman–Crippen MR) is 71.7 cm³/mol. The lowest BCUT2D eigenvalue weighted by molar-refractivity contribution is 0.154. The molecular weight excluding hydrogens is 226 g/mol. The molecule has 1 saturated carbocycles. The first kappa shape index (κ1) is 13.3. The van der Waals surface area contributed by atoms with Crippen LogP contribution in [0.4, 0.5) is 0 Å². The number of aliphatic hydroxyl groups excluding tert-OH is 1. The summed E-state index contributed by atoms with van der Waals surface area (Å²) in [6.45, 7) is 0. The number of rotatable bonds is 6. The number of pyridine rings is 1. The maximum Gasteiger partial charge on any atom is 0.212 e. The topological polar surface area (TPSA) is 42.4 Å². The first-order chi connectivity index (χ1) is 8.78. The SMILES string of the molecule is COc1ccc(CC(O)CCC2CCCC2)cn1. The van der Waals surface area contributed by atoms with Crippen LogP contribution in [0.15, 0.2) is 18.3 Å². The van der Waals surface area contributed by atoms with Crippen LogP contribution in [0.25, 0.3) is 0 Å². The Kier molecular flexibility index (Phi) is 5.00. The summed E-state index contributed by atoms with van der Waals surface area (Å²) < 4.78 is 5.02. The van der Waals surface area contributed by atoms with Crippen molar-refractivity contribution in [2.75, 3.05) is 7.11 Å². The summed E-state index contributed by atoms with van der Waals surface area (Å²) in [6.07, 6.45) is 9.81. The third-order valence-corrected chi connectivity index (χ3v) is 3.86. The van der Waals surface area contributed by atoms with Crippen LogP contribution < -0.4 is 4.74 Å². The Bertz CT molecular complexity index is 344. The summed E-state index contributed by atoms with van der Waals surface area (Å²) >= 11 is 0. The van der Waals surface area contributed by atoms with Gasteiger partial charge in [-0.3, -0.25) is 0 Å². The van der Waals surface area contributed by atoms with E-state index in [1.54, 1.807) is 13.3 Å². The lowest BCUT2D eigenvalue weighted by Crippen LogP contribution is -2.12. The van der Waals surface area contributed by atoms with Crippen molar-refractivity contribution in [3.63, 3.8) is 0 Å². The molecule has 2 rings (SSSR count).